The molecule has 0 unspecified atom stereocenters. The van der Waals surface area contributed by atoms with Crippen LogP contribution in [0.2, 0.25) is 0 Å². The van der Waals surface area contributed by atoms with Gasteiger partial charge in [-0.05, 0) is 24.5 Å². The highest BCUT2D eigenvalue weighted by Gasteiger charge is 2.37. The summed E-state index contributed by atoms with van der Waals surface area (Å²) in [4.78, 5) is 12.0. The SMILES string of the molecule is O=c1c(C(F)(F)F)cc(C2CC2)nn1C[C@H](O)c1ccccc1. The van der Waals surface area contributed by atoms with Crippen molar-refractivity contribution in [1.29, 1.82) is 0 Å². The van der Waals surface area contributed by atoms with E-state index >= 15 is 0 Å². The number of benzene rings is 1. The van der Waals surface area contributed by atoms with Crippen LogP contribution in [0.15, 0.2) is 41.2 Å². The number of aromatic nitrogens is 2. The fourth-order valence-corrected chi connectivity index (χ4v) is 2.41. The van der Waals surface area contributed by atoms with Crippen LogP contribution >= 0.6 is 0 Å². The Hall–Kier alpha value is -2.15. The van der Waals surface area contributed by atoms with Crippen LogP contribution in [-0.2, 0) is 12.7 Å². The average Bonchev–Trinajstić information content (AvgIpc) is 3.33. The Kier molecular flexibility index (Phi) is 3.97. The number of halogens is 3. The predicted octanol–water partition coefficient (Wildman–Crippen LogP) is 2.87. The van der Waals surface area contributed by atoms with Crippen LogP contribution < -0.4 is 5.56 Å². The van der Waals surface area contributed by atoms with Crippen molar-refractivity contribution >= 4 is 0 Å². The van der Waals surface area contributed by atoms with Gasteiger partial charge in [0.15, 0.2) is 0 Å². The molecule has 2 aromatic rings. The Bertz CT molecular complexity index is 752. The molecule has 0 spiro atoms. The highest BCUT2D eigenvalue weighted by molar-refractivity contribution is 5.23. The summed E-state index contributed by atoms with van der Waals surface area (Å²) in [5.74, 6) is -0.0307. The van der Waals surface area contributed by atoms with E-state index in [1.807, 2.05) is 0 Å². The fraction of sp³-hybridized carbons (Fsp3) is 0.375. The molecule has 0 saturated heterocycles. The molecule has 3 rings (SSSR count). The minimum Gasteiger partial charge on any atom is -0.386 e. The minimum absolute atomic E-state index is 0.0307. The Balaban J connectivity index is 1.98. The Labute approximate surface area is 130 Å². The summed E-state index contributed by atoms with van der Waals surface area (Å²) in [6, 6.07) is 9.30. The van der Waals surface area contributed by atoms with Gasteiger partial charge in [-0.2, -0.15) is 18.3 Å². The van der Waals surface area contributed by atoms with Crippen molar-refractivity contribution in [2.45, 2.75) is 37.6 Å². The standard InChI is InChI=1S/C16H15F3N2O2/c17-16(18,19)12-8-13(10-6-7-10)20-21(15(12)23)9-14(22)11-4-2-1-3-5-11/h1-5,8,10,14,22H,6-7,9H2/t14-/m0/s1. The summed E-state index contributed by atoms with van der Waals surface area (Å²) in [6.45, 7) is -0.313. The molecular weight excluding hydrogens is 309 g/mol. The normalized spacial score (nSPS) is 16.3. The molecule has 1 saturated carbocycles. The molecule has 1 heterocycles. The van der Waals surface area contributed by atoms with E-state index in [1.165, 1.54) is 0 Å². The van der Waals surface area contributed by atoms with Crippen molar-refractivity contribution in [2.24, 2.45) is 0 Å². The van der Waals surface area contributed by atoms with Crippen molar-refractivity contribution in [2.75, 3.05) is 0 Å². The average molecular weight is 324 g/mol. The number of rotatable bonds is 4. The van der Waals surface area contributed by atoms with E-state index in [4.69, 9.17) is 0 Å². The lowest BCUT2D eigenvalue weighted by Crippen LogP contribution is -2.33. The number of hydrogen-bond acceptors (Lipinski definition) is 3. The number of alkyl halides is 3. The predicted molar refractivity (Wildman–Crippen MR) is 76.9 cm³/mol. The van der Waals surface area contributed by atoms with Crippen LogP contribution in [0, 0.1) is 0 Å². The third-order valence-corrected chi connectivity index (χ3v) is 3.82. The monoisotopic (exact) mass is 324 g/mol. The largest absolute Gasteiger partial charge is 0.421 e. The molecule has 0 aliphatic heterocycles. The van der Waals surface area contributed by atoms with Gasteiger partial charge in [0.25, 0.3) is 5.56 Å². The first-order valence-electron chi connectivity index (χ1n) is 7.28. The molecule has 1 aliphatic carbocycles. The maximum atomic E-state index is 13.0. The third-order valence-electron chi connectivity index (χ3n) is 3.82. The van der Waals surface area contributed by atoms with E-state index in [1.54, 1.807) is 30.3 Å². The van der Waals surface area contributed by atoms with Gasteiger partial charge < -0.3 is 5.11 Å². The Morgan fingerprint density at radius 3 is 2.48 bits per heavy atom. The lowest BCUT2D eigenvalue weighted by Gasteiger charge is -2.15. The maximum Gasteiger partial charge on any atom is 0.421 e. The van der Waals surface area contributed by atoms with Gasteiger partial charge in [0.1, 0.15) is 5.56 Å². The molecule has 23 heavy (non-hydrogen) atoms. The zero-order valence-corrected chi connectivity index (χ0v) is 12.1. The molecule has 0 amide bonds. The first-order chi connectivity index (χ1) is 10.9. The summed E-state index contributed by atoms with van der Waals surface area (Å²) >= 11 is 0. The zero-order chi connectivity index (χ0) is 16.6. The topological polar surface area (TPSA) is 55.1 Å². The quantitative estimate of drug-likeness (QED) is 0.941. The van der Waals surface area contributed by atoms with Gasteiger partial charge in [-0.15, -0.1) is 0 Å². The molecule has 1 fully saturated rings. The van der Waals surface area contributed by atoms with Crippen LogP contribution in [-0.4, -0.2) is 14.9 Å². The van der Waals surface area contributed by atoms with Crippen molar-refractivity contribution in [3.05, 3.63) is 63.6 Å². The van der Waals surface area contributed by atoms with Crippen LogP contribution in [0.3, 0.4) is 0 Å². The van der Waals surface area contributed by atoms with E-state index in [2.05, 4.69) is 5.10 Å². The van der Waals surface area contributed by atoms with Crippen molar-refractivity contribution in [1.82, 2.24) is 9.78 Å². The van der Waals surface area contributed by atoms with E-state index in [0.717, 1.165) is 23.6 Å². The van der Waals surface area contributed by atoms with Gasteiger partial charge in [0.2, 0.25) is 0 Å². The first kappa shape index (κ1) is 15.7. The molecule has 122 valence electrons. The Morgan fingerprint density at radius 2 is 1.91 bits per heavy atom. The summed E-state index contributed by atoms with van der Waals surface area (Å²) in [5.41, 5.74) is -1.67. The second-order valence-electron chi connectivity index (χ2n) is 5.67. The van der Waals surface area contributed by atoms with Gasteiger partial charge in [-0.25, -0.2) is 4.68 Å². The van der Waals surface area contributed by atoms with Gasteiger partial charge in [0.05, 0.1) is 18.3 Å². The smallest absolute Gasteiger partial charge is 0.386 e. The van der Waals surface area contributed by atoms with Crippen molar-refractivity contribution in [3.8, 4) is 0 Å². The van der Waals surface area contributed by atoms with E-state index < -0.39 is 23.4 Å². The molecule has 1 aromatic heterocycles. The van der Waals surface area contributed by atoms with E-state index in [0.29, 0.717) is 5.56 Å². The number of hydrogen-bond donors (Lipinski definition) is 1. The molecule has 0 bridgehead atoms. The van der Waals surface area contributed by atoms with Crippen LogP contribution in [0.5, 0.6) is 0 Å². The summed E-state index contributed by atoms with van der Waals surface area (Å²) in [6.07, 6.45) is -4.30. The highest BCUT2D eigenvalue weighted by Crippen LogP contribution is 2.40. The minimum atomic E-state index is -4.73. The fourth-order valence-electron chi connectivity index (χ4n) is 2.41. The first-order valence-corrected chi connectivity index (χ1v) is 7.28. The molecular formula is C16H15F3N2O2. The zero-order valence-electron chi connectivity index (χ0n) is 12.1. The summed E-state index contributed by atoms with van der Waals surface area (Å²) in [5, 5.41) is 14.2. The maximum absolute atomic E-state index is 13.0. The molecule has 4 nitrogen and oxygen atoms in total. The molecule has 1 N–H and O–H groups in total. The molecule has 7 heteroatoms. The van der Waals surface area contributed by atoms with Gasteiger partial charge in [-0.3, -0.25) is 4.79 Å². The van der Waals surface area contributed by atoms with Gasteiger partial charge in [0, 0.05) is 5.92 Å². The van der Waals surface area contributed by atoms with Crippen molar-refractivity contribution < 1.29 is 18.3 Å². The van der Waals surface area contributed by atoms with Crippen LogP contribution in [0.4, 0.5) is 13.2 Å². The van der Waals surface area contributed by atoms with Gasteiger partial charge >= 0.3 is 6.18 Å². The number of aliphatic hydroxyl groups is 1. The second kappa shape index (κ2) is 5.81. The van der Waals surface area contributed by atoms with Crippen LogP contribution in [0.1, 0.15) is 41.7 Å². The number of aliphatic hydroxyl groups excluding tert-OH is 1. The molecule has 1 atom stereocenters. The van der Waals surface area contributed by atoms with Gasteiger partial charge in [-0.1, -0.05) is 30.3 Å². The van der Waals surface area contributed by atoms with E-state index in [9.17, 15) is 23.1 Å². The second-order valence-corrected chi connectivity index (χ2v) is 5.67. The lowest BCUT2D eigenvalue weighted by molar-refractivity contribution is -0.139. The third kappa shape index (κ3) is 3.44. The van der Waals surface area contributed by atoms with E-state index in [-0.39, 0.29) is 18.2 Å². The molecule has 1 aromatic carbocycles. The summed E-state index contributed by atoms with van der Waals surface area (Å²) in [7, 11) is 0. The number of nitrogens with zero attached hydrogens (tertiary/aromatic N) is 2. The van der Waals surface area contributed by atoms with Crippen molar-refractivity contribution in [3.63, 3.8) is 0 Å². The highest BCUT2D eigenvalue weighted by atomic mass is 19.4. The Morgan fingerprint density at radius 1 is 1.26 bits per heavy atom. The summed E-state index contributed by atoms with van der Waals surface area (Å²) < 4.78 is 39.9. The molecule has 1 aliphatic rings. The molecule has 0 radical (unpaired) electrons. The van der Waals surface area contributed by atoms with Crippen LogP contribution in [0.25, 0.3) is 0 Å². The lowest BCUT2D eigenvalue weighted by atomic mass is 10.1.